The highest BCUT2D eigenvalue weighted by molar-refractivity contribution is 7.90. The molecule has 1 aliphatic heterocycles. The molecule has 2 atom stereocenters. The Bertz CT molecular complexity index is 292. The van der Waals surface area contributed by atoms with Gasteiger partial charge < -0.3 is 4.74 Å². The third kappa shape index (κ3) is 2.38. The molecular weight excluding hydrogens is 170 g/mol. The Morgan fingerprint density at radius 2 is 2.27 bits per heavy atom. The number of ether oxygens (including phenoxy) is 1. The predicted octanol–water partition coefficient (Wildman–Crippen LogP) is 0.414. The summed E-state index contributed by atoms with van der Waals surface area (Å²) in [7, 11) is -3.62. The van der Waals surface area contributed by atoms with Crippen molar-refractivity contribution in [3.05, 3.63) is 10.4 Å². The van der Waals surface area contributed by atoms with E-state index in [4.69, 9.17) is 10.3 Å². The van der Waals surface area contributed by atoms with Gasteiger partial charge in [-0.05, 0) is 12.5 Å². The summed E-state index contributed by atoms with van der Waals surface area (Å²) in [5.41, 5.74) is 7.84. The molecule has 1 fully saturated rings. The molecule has 62 valence electrons. The van der Waals surface area contributed by atoms with Crippen molar-refractivity contribution in [2.24, 2.45) is 4.52 Å². The van der Waals surface area contributed by atoms with Gasteiger partial charge >= 0.3 is 0 Å². The van der Waals surface area contributed by atoms with Gasteiger partial charge in [0.1, 0.15) is 0 Å². The smallest absolute Gasteiger partial charge is 0.238 e. The lowest BCUT2D eigenvalue weighted by Crippen LogP contribution is -2.08. The summed E-state index contributed by atoms with van der Waals surface area (Å²) >= 11 is 0. The molecule has 2 unspecified atom stereocenters. The molecule has 1 heterocycles. The van der Waals surface area contributed by atoms with Crippen molar-refractivity contribution < 1.29 is 13.2 Å². The van der Waals surface area contributed by atoms with Crippen molar-refractivity contribution in [3.8, 4) is 0 Å². The van der Waals surface area contributed by atoms with Crippen LogP contribution in [0.15, 0.2) is 4.52 Å². The molecule has 0 amide bonds. The molecule has 0 saturated carbocycles. The number of rotatable bonds is 3. The molecule has 0 bridgehead atoms. The molecule has 11 heavy (non-hydrogen) atoms. The number of azide groups is 1. The lowest BCUT2D eigenvalue weighted by atomic mass is 10.4. The van der Waals surface area contributed by atoms with Crippen LogP contribution >= 0.6 is 0 Å². The summed E-state index contributed by atoms with van der Waals surface area (Å²) in [4.78, 5) is 2.19. The van der Waals surface area contributed by atoms with Gasteiger partial charge in [0.15, 0.2) is 0 Å². The van der Waals surface area contributed by atoms with Crippen LogP contribution in [0.1, 0.15) is 6.92 Å². The molecular formula is C4H7N3O3S. The van der Waals surface area contributed by atoms with Crippen LogP contribution in [0, 0.1) is 0 Å². The summed E-state index contributed by atoms with van der Waals surface area (Å²) in [5.74, 6) is -0.210. The maximum Gasteiger partial charge on any atom is 0.238 e. The molecule has 0 aromatic rings. The van der Waals surface area contributed by atoms with E-state index in [0.717, 1.165) is 0 Å². The minimum atomic E-state index is -3.62. The maximum absolute atomic E-state index is 10.7. The molecule has 0 radical (unpaired) electrons. The molecule has 0 spiro atoms. The summed E-state index contributed by atoms with van der Waals surface area (Å²) < 4.78 is 28.9. The van der Waals surface area contributed by atoms with Crippen molar-refractivity contribution in [2.45, 2.75) is 19.1 Å². The van der Waals surface area contributed by atoms with Crippen LogP contribution < -0.4 is 0 Å². The van der Waals surface area contributed by atoms with Crippen LogP contribution in [0.25, 0.3) is 10.4 Å². The Labute approximate surface area is 63.8 Å². The van der Waals surface area contributed by atoms with Crippen LogP contribution in [0.4, 0.5) is 0 Å². The quantitative estimate of drug-likeness (QED) is 0.270. The first-order chi connectivity index (χ1) is 5.05. The lowest BCUT2D eigenvalue weighted by Gasteiger charge is -1.88. The van der Waals surface area contributed by atoms with Crippen LogP contribution in [-0.4, -0.2) is 26.4 Å². The fourth-order valence-electron chi connectivity index (χ4n) is 0.702. The van der Waals surface area contributed by atoms with E-state index in [0.29, 0.717) is 0 Å². The Hall–Kier alpha value is -0.780. The number of nitrogens with zero attached hydrogens (tertiary/aromatic N) is 3. The van der Waals surface area contributed by atoms with E-state index in [-0.39, 0.29) is 18.0 Å². The number of hydrogen-bond donors (Lipinski definition) is 0. The SMILES string of the molecule is CC1OC1CS(=O)(=O)N=[N+]=[N-]. The van der Waals surface area contributed by atoms with Crippen molar-refractivity contribution in [2.75, 3.05) is 5.75 Å². The first-order valence-electron chi connectivity index (χ1n) is 2.99. The third-order valence-electron chi connectivity index (χ3n) is 1.37. The van der Waals surface area contributed by atoms with Crippen LogP contribution in [0.5, 0.6) is 0 Å². The summed E-state index contributed by atoms with van der Waals surface area (Å²) in [5, 5.41) is 0. The monoisotopic (exact) mass is 177 g/mol. The number of epoxide rings is 1. The summed E-state index contributed by atoms with van der Waals surface area (Å²) in [6.07, 6.45) is -0.316. The van der Waals surface area contributed by atoms with Crippen LogP contribution in [0.2, 0.25) is 0 Å². The average Bonchev–Trinajstić information content (AvgIpc) is 2.44. The fourth-order valence-corrected chi connectivity index (χ4v) is 1.64. The largest absolute Gasteiger partial charge is 0.369 e. The van der Waals surface area contributed by atoms with E-state index in [2.05, 4.69) is 9.43 Å². The third-order valence-corrected chi connectivity index (χ3v) is 2.44. The van der Waals surface area contributed by atoms with Crippen LogP contribution in [-0.2, 0) is 14.8 Å². The van der Waals surface area contributed by atoms with Crippen molar-refractivity contribution in [3.63, 3.8) is 0 Å². The highest BCUT2D eigenvalue weighted by Gasteiger charge is 2.37. The summed E-state index contributed by atoms with van der Waals surface area (Å²) in [6, 6.07) is 0. The standard InChI is InChI=1S/C4H7N3O3S/c1-3-4(10-3)2-11(8,9)7-6-5/h3-4H,2H2,1H3. The second-order valence-electron chi connectivity index (χ2n) is 2.30. The molecule has 1 rings (SSSR count). The van der Waals surface area contributed by atoms with Gasteiger partial charge in [-0.3, -0.25) is 0 Å². The highest BCUT2D eigenvalue weighted by Crippen LogP contribution is 2.22. The molecule has 7 heteroatoms. The van der Waals surface area contributed by atoms with E-state index < -0.39 is 10.0 Å². The average molecular weight is 177 g/mol. The van der Waals surface area contributed by atoms with E-state index in [1.165, 1.54) is 0 Å². The van der Waals surface area contributed by atoms with Crippen molar-refractivity contribution >= 4 is 10.0 Å². The number of sulfonamides is 1. The van der Waals surface area contributed by atoms with Crippen molar-refractivity contribution in [1.82, 2.24) is 0 Å². The van der Waals surface area contributed by atoms with Gasteiger partial charge in [0.25, 0.3) is 0 Å². The maximum atomic E-state index is 10.7. The predicted molar refractivity (Wildman–Crippen MR) is 37.3 cm³/mol. The van der Waals surface area contributed by atoms with Crippen molar-refractivity contribution in [1.29, 1.82) is 0 Å². The van der Waals surface area contributed by atoms with Gasteiger partial charge in [0, 0.05) is 9.43 Å². The minimum Gasteiger partial charge on any atom is -0.369 e. The lowest BCUT2D eigenvalue weighted by molar-refractivity contribution is 0.388. The second kappa shape index (κ2) is 2.69. The zero-order valence-corrected chi connectivity index (χ0v) is 6.65. The van der Waals surface area contributed by atoms with E-state index in [1.54, 1.807) is 6.92 Å². The van der Waals surface area contributed by atoms with E-state index in [9.17, 15) is 8.42 Å². The van der Waals surface area contributed by atoms with Gasteiger partial charge in [0.2, 0.25) is 10.0 Å². The van der Waals surface area contributed by atoms with Gasteiger partial charge in [-0.2, -0.15) is 0 Å². The Morgan fingerprint density at radius 1 is 1.73 bits per heavy atom. The van der Waals surface area contributed by atoms with Gasteiger partial charge in [0.05, 0.1) is 18.0 Å². The molecule has 0 aromatic carbocycles. The molecule has 0 aromatic heterocycles. The molecule has 6 nitrogen and oxygen atoms in total. The Kier molecular flexibility index (Phi) is 2.03. The molecule has 1 saturated heterocycles. The van der Waals surface area contributed by atoms with Gasteiger partial charge in [-0.25, -0.2) is 8.42 Å². The molecule has 1 aliphatic rings. The topological polar surface area (TPSA) is 95.4 Å². The zero-order valence-electron chi connectivity index (χ0n) is 5.84. The fraction of sp³-hybridized carbons (Fsp3) is 1.00. The van der Waals surface area contributed by atoms with Gasteiger partial charge in [-0.1, -0.05) is 0 Å². The second-order valence-corrected chi connectivity index (χ2v) is 3.96. The van der Waals surface area contributed by atoms with E-state index >= 15 is 0 Å². The molecule has 0 N–H and O–H groups in total. The summed E-state index contributed by atoms with van der Waals surface area (Å²) in [6.45, 7) is 1.76. The van der Waals surface area contributed by atoms with E-state index in [1.807, 2.05) is 0 Å². The first-order valence-corrected chi connectivity index (χ1v) is 4.60. The first kappa shape index (κ1) is 8.32. The zero-order chi connectivity index (χ0) is 8.48. The number of hydrogen-bond acceptors (Lipinski definition) is 3. The molecule has 0 aliphatic carbocycles. The Morgan fingerprint density at radius 3 is 2.64 bits per heavy atom. The normalized spacial score (nSPS) is 29.2. The van der Waals surface area contributed by atoms with Gasteiger partial charge in [-0.15, -0.1) is 0 Å². The minimum absolute atomic E-state index is 0.0290. The Balaban J connectivity index is 2.54. The van der Waals surface area contributed by atoms with Crippen LogP contribution in [0.3, 0.4) is 0 Å². The highest BCUT2D eigenvalue weighted by atomic mass is 32.2.